The highest BCUT2D eigenvalue weighted by atomic mass is 19.1. The molecule has 4 nitrogen and oxygen atoms in total. The van der Waals surface area contributed by atoms with Gasteiger partial charge in [-0.15, -0.1) is 0 Å². The second-order valence-corrected chi connectivity index (χ2v) is 4.84. The summed E-state index contributed by atoms with van der Waals surface area (Å²) in [5.74, 6) is -0.185. The Labute approximate surface area is 128 Å². The molecule has 0 spiro atoms. The molecule has 1 unspecified atom stereocenters. The first-order valence-corrected chi connectivity index (χ1v) is 6.89. The lowest BCUT2D eigenvalue weighted by Crippen LogP contribution is -2.30. The van der Waals surface area contributed by atoms with Gasteiger partial charge in [0.05, 0.1) is 6.61 Å². The van der Waals surface area contributed by atoms with E-state index in [1.54, 1.807) is 20.1 Å². The zero-order valence-corrected chi connectivity index (χ0v) is 12.5. The van der Waals surface area contributed by atoms with E-state index in [0.29, 0.717) is 18.0 Å². The minimum atomic E-state index is -0.698. The molecule has 0 saturated carbocycles. The quantitative estimate of drug-likeness (QED) is 0.890. The SMILES string of the molecule is COCc1cccc(NC(=O)C(C)Oc2ccc(F)cc2)c1. The Morgan fingerprint density at radius 3 is 2.64 bits per heavy atom. The summed E-state index contributed by atoms with van der Waals surface area (Å²) in [6.07, 6.45) is -0.698. The number of methoxy groups -OCH3 is 1. The van der Waals surface area contributed by atoms with Crippen LogP contribution in [0.2, 0.25) is 0 Å². The predicted molar refractivity (Wildman–Crippen MR) is 82.3 cm³/mol. The van der Waals surface area contributed by atoms with Crippen molar-refractivity contribution in [3.63, 3.8) is 0 Å². The van der Waals surface area contributed by atoms with Gasteiger partial charge < -0.3 is 14.8 Å². The highest BCUT2D eigenvalue weighted by Gasteiger charge is 2.15. The summed E-state index contributed by atoms with van der Waals surface area (Å²) in [4.78, 5) is 12.1. The fourth-order valence-corrected chi connectivity index (χ4v) is 1.92. The Morgan fingerprint density at radius 2 is 1.95 bits per heavy atom. The first-order chi connectivity index (χ1) is 10.6. The summed E-state index contributed by atoms with van der Waals surface area (Å²) in [6, 6.07) is 12.9. The lowest BCUT2D eigenvalue weighted by Gasteiger charge is -2.15. The fraction of sp³-hybridized carbons (Fsp3) is 0.235. The van der Waals surface area contributed by atoms with Crippen molar-refractivity contribution in [2.75, 3.05) is 12.4 Å². The van der Waals surface area contributed by atoms with Crippen molar-refractivity contribution in [3.8, 4) is 5.75 Å². The average Bonchev–Trinajstić information content (AvgIpc) is 2.50. The van der Waals surface area contributed by atoms with Crippen molar-refractivity contribution < 1.29 is 18.7 Å². The van der Waals surface area contributed by atoms with E-state index < -0.39 is 6.10 Å². The van der Waals surface area contributed by atoms with Crippen LogP contribution in [0.3, 0.4) is 0 Å². The molecule has 2 aromatic rings. The third-order valence-corrected chi connectivity index (χ3v) is 3.00. The number of ether oxygens (including phenoxy) is 2. The van der Waals surface area contributed by atoms with Crippen molar-refractivity contribution in [1.82, 2.24) is 0 Å². The number of nitrogens with one attached hydrogen (secondary N) is 1. The Balaban J connectivity index is 1.96. The monoisotopic (exact) mass is 303 g/mol. The van der Waals surface area contributed by atoms with Crippen LogP contribution in [-0.2, 0) is 16.1 Å². The van der Waals surface area contributed by atoms with Crippen LogP contribution in [0.5, 0.6) is 5.75 Å². The van der Waals surface area contributed by atoms with Crippen molar-refractivity contribution >= 4 is 11.6 Å². The Kier molecular flexibility index (Phi) is 5.49. The molecule has 0 radical (unpaired) electrons. The molecular formula is C17H18FNO3. The molecular weight excluding hydrogens is 285 g/mol. The standard InChI is InChI=1S/C17H18FNO3/c1-12(22-16-8-6-14(18)7-9-16)17(20)19-15-5-3-4-13(10-15)11-21-2/h3-10,12H,11H2,1-2H3,(H,19,20). The van der Waals surface area contributed by atoms with E-state index in [2.05, 4.69) is 5.32 Å². The van der Waals surface area contributed by atoms with Crippen LogP contribution >= 0.6 is 0 Å². The number of benzene rings is 2. The van der Waals surface area contributed by atoms with Crippen LogP contribution in [0.15, 0.2) is 48.5 Å². The maximum absolute atomic E-state index is 12.8. The van der Waals surface area contributed by atoms with E-state index in [1.165, 1.54) is 24.3 Å². The number of anilines is 1. The van der Waals surface area contributed by atoms with Crippen molar-refractivity contribution in [2.24, 2.45) is 0 Å². The number of halogens is 1. The Morgan fingerprint density at radius 1 is 1.23 bits per heavy atom. The summed E-state index contributed by atoms with van der Waals surface area (Å²) in [6.45, 7) is 2.11. The largest absolute Gasteiger partial charge is 0.481 e. The number of carbonyl (C=O) groups excluding carboxylic acids is 1. The molecule has 1 amide bonds. The van der Waals surface area contributed by atoms with Crippen LogP contribution in [0, 0.1) is 5.82 Å². The Hall–Kier alpha value is -2.40. The van der Waals surface area contributed by atoms with Crippen LogP contribution in [0.1, 0.15) is 12.5 Å². The van der Waals surface area contributed by atoms with Crippen LogP contribution < -0.4 is 10.1 Å². The molecule has 0 aliphatic rings. The highest BCUT2D eigenvalue weighted by molar-refractivity contribution is 5.94. The maximum atomic E-state index is 12.8. The van der Waals surface area contributed by atoms with Gasteiger partial charge in [0.15, 0.2) is 6.10 Å². The Bertz CT molecular complexity index is 628. The molecule has 116 valence electrons. The molecule has 1 N–H and O–H groups in total. The van der Waals surface area contributed by atoms with Gasteiger partial charge in [-0.2, -0.15) is 0 Å². The summed E-state index contributed by atoms with van der Waals surface area (Å²) in [7, 11) is 1.61. The number of hydrogen-bond acceptors (Lipinski definition) is 3. The topological polar surface area (TPSA) is 47.6 Å². The molecule has 2 rings (SSSR count). The number of carbonyl (C=O) groups is 1. The van der Waals surface area contributed by atoms with Gasteiger partial charge in [0.2, 0.25) is 0 Å². The van der Waals surface area contributed by atoms with Gasteiger partial charge in [0, 0.05) is 12.8 Å². The normalized spacial score (nSPS) is 11.8. The van der Waals surface area contributed by atoms with Gasteiger partial charge in [0.1, 0.15) is 11.6 Å². The van der Waals surface area contributed by atoms with E-state index in [0.717, 1.165) is 5.56 Å². The third-order valence-electron chi connectivity index (χ3n) is 3.00. The van der Waals surface area contributed by atoms with Gasteiger partial charge in [-0.05, 0) is 48.9 Å². The van der Waals surface area contributed by atoms with E-state index in [1.807, 2.05) is 18.2 Å². The number of rotatable bonds is 6. The first-order valence-electron chi connectivity index (χ1n) is 6.89. The summed E-state index contributed by atoms with van der Waals surface area (Å²) < 4.78 is 23.4. The highest BCUT2D eigenvalue weighted by Crippen LogP contribution is 2.15. The lowest BCUT2D eigenvalue weighted by atomic mass is 10.2. The fourth-order valence-electron chi connectivity index (χ4n) is 1.92. The molecule has 22 heavy (non-hydrogen) atoms. The van der Waals surface area contributed by atoms with Gasteiger partial charge in [-0.1, -0.05) is 12.1 Å². The van der Waals surface area contributed by atoms with Gasteiger partial charge in [0.25, 0.3) is 5.91 Å². The third kappa shape index (κ3) is 4.56. The lowest BCUT2D eigenvalue weighted by molar-refractivity contribution is -0.122. The minimum Gasteiger partial charge on any atom is -0.481 e. The number of hydrogen-bond donors (Lipinski definition) is 1. The molecule has 0 aliphatic heterocycles. The molecule has 5 heteroatoms. The van der Waals surface area contributed by atoms with E-state index in [9.17, 15) is 9.18 Å². The zero-order valence-electron chi connectivity index (χ0n) is 12.5. The predicted octanol–water partition coefficient (Wildman–Crippen LogP) is 3.38. The second kappa shape index (κ2) is 7.56. The molecule has 0 heterocycles. The number of amides is 1. The first kappa shape index (κ1) is 16.0. The molecule has 0 aliphatic carbocycles. The van der Waals surface area contributed by atoms with E-state index >= 15 is 0 Å². The van der Waals surface area contributed by atoms with Gasteiger partial charge >= 0.3 is 0 Å². The van der Waals surface area contributed by atoms with Crippen LogP contribution in [-0.4, -0.2) is 19.1 Å². The molecule has 0 fully saturated rings. The molecule has 0 bridgehead atoms. The smallest absolute Gasteiger partial charge is 0.265 e. The summed E-state index contributed by atoms with van der Waals surface area (Å²) in [5.41, 5.74) is 1.64. The molecule has 2 aromatic carbocycles. The molecule has 1 atom stereocenters. The molecule has 0 saturated heterocycles. The summed E-state index contributed by atoms with van der Waals surface area (Å²) >= 11 is 0. The van der Waals surface area contributed by atoms with E-state index in [4.69, 9.17) is 9.47 Å². The van der Waals surface area contributed by atoms with Crippen LogP contribution in [0.25, 0.3) is 0 Å². The maximum Gasteiger partial charge on any atom is 0.265 e. The van der Waals surface area contributed by atoms with Crippen molar-refractivity contribution in [1.29, 1.82) is 0 Å². The minimum absolute atomic E-state index is 0.279. The average molecular weight is 303 g/mol. The van der Waals surface area contributed by atoms with Gasteiger partial charge in [-0.3, -0.25) is 4.79 Å². The second-order valence-electron chi connectivity index (χ2n) is 4.84. The zero-order chi connectivity index (χ0) is 15.9. The summed E-state index contributed by atoms with van der Waals surface area (Å²) in [5, 5.41) is 2.78. The van der Waals surface area contributed by atoms with E-state index in [-0.39, 0.29) is 11.7 Å². The van der Waals surface area contributed by atoms with Crippen LogP contribution in [0.4, 0.5) is 10.1 Å². The van der Waals surface area contributed by atoms with Crippen molar-refractivity contribution in [3.05, 3.63) is 59.9 Å². The van der Waals surface area contributed by atoms with Gasteiger partial charge in [-0.25, -0.2) is 4.39 Å². The molecule has 0 aromatic heterocycles. The van der Waals surface area contributed by atoms with Crippen molar-refractivity contribution in [2.45, 2.75) is 19.6 Å².